The van der Waals surface area contributed by atoms with E-state index in [-0.39, 0.29) is 11.8 Å². The number of rotatable bonds is 7. The molecule has 0 aliphatic heterocycles. The maximum atomic E-state index is 8.84. The third kappa shape index (κ3) is 4.73. The van der Waals surface area contributed by atoms with E-state index >= 15 is 0 Å². The van der Waals surface area contributed by atoms with Gasteiger partial charge in [0.25, 0.3) is 0 Å². The first-order chi connectivity index (χ1) is 15.2. The van der Waals surface area contributed by atoms with Crippen molar-refractivity contribution in [3.63, 3.8) is 0 Å². The number of nitrogens with one attached hydrogen (secondary N) is 3. The minimum absolute atomic E-state index is 0.143. The lowest BCUT2D eigenvalue weighted by atomic mass is 9.93. The molecule has 160 valence electrons. The van der Waals surface area contributed by atoms with Crippen LogP contribution < -0.4 is 20.1 Å². The van der Waals surface area contributed by atoms with Gasteiger partial charge in [0.05, 0.1) is 31.3 Å². The van der Waals surface area contributed by atoms with Gasteiger partial charge >= 0.3 is 0 Å². The molecule has 1 saturated carbocycles. The van der Waals surface area contributed by atoms with Crippen LogP contribution in [-0.2, 0) is 0 Å². The molecule has 0 unspecified atom stereocenters. The van der Waals surface area contributed by atoms with Gasteiger partial charge in [-0.25, -0.2) is 15.0 Å². The highest BCUT2D eigenvalue weighted by atomic mass is 16.5. The summed E-state index contributed by atoms with van der Waals surface area (Å²) >= 11 is 0. The van der Waals surface area contributed by atoms with Crippen molar-refractivity contribution in [1.82, 2.24) is 30.5 Å². The second-order valence-electron chi connectivity index (χ2n) is 7.26. The van der Waals surface area contributed by atoms with Crippen molar-refractivity contribution < 1.29 is 9.47 Å². The molecule has 0 bridgehead atoms. The van der Waals surface area contributed by atoms with E-state index in [4.69, 9.17) is 14.7 Å². The van der Waals surface area contributed by atoms with Crippen LogP contribution in [0.5, 0.6) is 11.6 Å². The first-order valence-corrected chi connectivity index (χ1v) is 10.1. The van der Waals surface area contributed by atoms with E-state index in [9.17, 15) is 0 Å². The van der Waals surface area contributed by atoms with Crippen LogP contribution in [0.3, 0.4) is 0 Å². The maximum Gasteiger partial charge on any atom is 0.226 e. The summed E-state index contributed by atoms with van der Waals surface area (Å²) in [6.45, 7) is 0. The number of hydrogen-bond acceptors (Lipinski definition) is 9. The fraction of sp³-hybridized carbons (Fsp3) is 0.381. The molecule has 0 amide bonds. The molecule has 1 fully saturated rings. The Morgan fingerprint density at radius 1 is 1.13 bits per heavy atom. The molecule has 1 aliphatic rings. The first-order valence-electron chi connectivity index (χ1n) is 10.1. The molecule has 0 atom stereocenters. The number of aromatic amines is 1. The molecule has 1 aliphatic carbocycles. The summed E-state index contributed by atoms with van der Waals surface area (Å²) in [5.74, 6) is 2.18. The molecular formula is C21H24N8O2. The average Bonchev–Trinajstić information content (AvgIpc) is 3.27. The minimum Gasteiger partial charge on any atom is -0.489 e. The summed E-state index contributed by atoms with van der Waals surface area (Å²) in [5, 5.41) is 22.6. The highest BCUT2D eigenvalue weighted by Gasteiger charge is 2.24. The van der Waals surface area contributed by atoms with Crippen molar-refractivity contribution >= 4 is 11.6 Å². The van der Waals surface area contributed by atoms with Gasteiger partial charge in [0.2, 0.25) is 5.88 Å². The number of methoxy groups -OCH3 is 1. The number of aromatic nitrogens is 5. The van der Waals surface area contributed by atoms with Gasteiger partial charge in [-0.1, -0.05) is 0 Å². The van der Waals surface area contributed by atoms with E-state index in [2.05, 4.69) is 35.8 Å². The molecule has 10 heteroatoms. The van der Waals surface area contributed by atoms with E-state index in [1.54, 1.807) is 13.3 Å². The fourth-order valence-electron chi connectivity index (χ4n) is 3.67. The van der Waals surface area contributed by atoms with E-state index in [1.807, 2.05) is 25.2 Å². The predicted octanol–water partition coefficient (Wildman–Crippen LogP) is 2.79. The Hall–Kier alpha value is -3.71. The second kappa shape index (κ2) is 9.40. The van der Waals surface area contributed by atoms with Crippen LogP contribution in [0.4, 0.5) is 11.6 Å². The van der Waals surface area contributed by atoms with Crippen LogP contribution in [-0.4, -0.2) is 51.5 Å². The van der Waals surface area contributed by atoms with E-state index in [1.165, 1.54) is 12.4 Å². The van der Waals surface area contributed by atoms with Crippen molar-refractivity contribution in [3.05, 3.63) is 36.4 Å². The molecule has 3 aromatic rings. The van der Waals surface area contributed by atoms with Gasteiger partial charge in [-0.15, -0.1) is 0 Å². The standard InChI is InChI=1S/C21H24N8O2/c1-23-13-3-5-15(6-4-13)31-17-7-8-24-21(30-2)20(17)16-9-18(29-28-16)27-19-12-25-14(10-22)11-26-19/h7-9,11-13,15,23H,3-6H2,1-2H3,(H2,26,27,28,29). The van der Waals surface area contributed by atoms with Crippen LogP contribution in [0.25, 0.3) is 11.3 Å². The topological polar surface area (TPSA) is 134 Å². The van der Waals surface area contributed by atoms with Gasteiger partial charge in [0, 0.05) is 18.3 Å². The van der Waals surface area contributed by atoms with Crippen molar-refractivity contribution in [1.29, 1.82) is 5.26 Å². The Kier molecular flexibility index (Phi) is 6.24. The fourth-order valence-corrected chi connectivity index (χ4v) is 3.67. The zero-order valence-electron chi connectivity index (χ0n) is 17.4. The van der Waals surface area contributed by atoms with Gasteiger partial charge in [-0.3, -0.25) is 5.10 Å². The molecule has 4 rings (SSSR count). The molecule has 3 N–H and O–H groups in total. The zero-order valence-corrected chi connectivity index (χ0v) is 17.4. The predicted molar refractivity (Wildman–Crippen MR) is 114 cm³/mol. The van der Waals surface area contributed by atoms with Crippen molar-refractivity contribution in [3.8, 4) is 29.0 Å². The van der Waals surface area contributed by atoms with Gasteiger partial charge in [-0.2, -0.15) is 10.4 Å². The number of ether oxygens (including phenoxy) is 2. The molecule has 0 spiro atoms. The van der Waals surface area contributed by atoms with Crippen LogP contribution in [0, 0.1) is 11.3 Å². The molecular weight excluding hydrogens is 396 g/mol. The van der Waals surface area contributed by atoms with Crippen LogP contribution >= 0.6 is 0 Å². The molecule has 3 aromatic heterocycles. The number of H-pyrrole nitrogens is 1. The molecule has 0 radical (unpaired) electrons. The van der Waals surface area contributed by atoms with Crippen molar-refractivity contribution in [2.75, 3.05) is 19.5 Å². The molecule has 10 nitrogen and oxygen atoms in total. The Labute approximate surface area is 180 Å². The summed E-state index contributed by atoms with van der Waals surface area (Å²) in [6.07, 6.45) is 8.85. The van der Waals surface area contributed by atoms with E-state index in [0.29, 0.717) is 40.6 Å². The van der Waals surface area contributed by atoms with Crippen LogP contribution in [0.15, 0.2) is 30.7 Å². The van der Waals surface area contributed by atoms with Crippen molar-refractivity contribution in [2.24, 2.45) is 0 Å². The summed E-state index contributed by atoms with van der Waals surface area (Å²) in [7, 11) is 3.58. The van der Waals surface area contributed by atoms with Crippen LogP contribution in [0.1, 0.15) is 31.4 Å². The minimum atomic E-state index is 0.143. The SMILES string of the molecule is CNC1CCC(Oc2ccnc(OC)c2-c2cc(Nc3cnc(C#N)cn3)n[nH]2)CC1. The maximum absolute atomic E-state index is 8.84. The monoisotopic (exact) mass is 420 g/mol. The Morgan fingerprint density at radius 2 is 1.97 bits per heavy atom. The van der Waals surface area contributed by atoms with E-state index in [0.717, 1.165) is 25.7 Å². The number of hydrogen-bond donors (Lipinski definition) is 3. The van der Waals surface area contributed by atoms with E-state index < -0.39 is 0 Å². The Morgan fingerprint density at radius 3 is 2.65 bits per heavy atom. The average molecular weight is 420 g/mol. The number of nitrogens with zero attached hydrogens (tertiary/aromatic N) is 5. The quantitative estimate of drug-likeness (QED) is 0.527. The van der Waals surface area contributed by atoms with Crippen molar-refractivity contribution in [2.45, 2.75) is 37.8 Å². The third-order valence-corrected chi connectivity index (χ3v) is 5.32. The molecule has 0 aromatic carbocycles. The normalized spacial score (nSPS) is 18.2. The summed E-state index contributed by atoms with van der Waals surface area (Å²) in [6, 6.07) is 6.17. The van der Waals surface area contributed by atoms with Gasteiger partial charge in [-0.05, 0) is 38.8 Å². The largest absolute Gasteiger partial charge is 0.489 e. The Balaban J connectivity index is 1.55. The second-order valence-corrected chi connectivity index (χ2v) is 7.26. The molecule has 3 heterocycles. The Bertz CT molecular complexity index is 1050. The van der Waals surface area contributed by atoms with Gasteiger partial charge < -0.3 is 20.1 Å². The van der Waals surface area contributed by atoms with Gasteiger partial charge in [0.1, 0.15) is 23.2 Å². The summed E-state index contributed by atoms with van der Waals surface area (Å²) < 4.78 is 11.9. The van der Waals surface area contributed by atoms with Crippen LogP contribution in [0.2, 0.25) is 0 Å². The lowest BCUT2D eigenvalue weighted by Gasteiger charge is -2.29. The highest BCUT2D eigenvalue weighted by molar-refractivity contribution is 5.74. The molecule has 0 saturated heterocycles. The third-order valence-electron chi connectivity index (χ3n) is 5.32. The number of pyridine rings is 1. The summed E-state index contributed by atoms with van der Waals surface area (Å²) in [5.41, 5.74) is 1.67. The lowest BCUT2D eigenvalue weighted by molar-refractivity contribution is 0.141. The highest BCUT2D eigenvalue weighted by Crippen LogP contribution is 2.38. The first kappa shape index (κ1) is 20.6. The smallest absolute Gasteiger partial charge is 0.226 e. The number of nitriles is 1. The lowest BCUT2D eigenvalue weighted by Crippen LogP contribution is -2.34. The number of anilines is 2. The zero-order chi connectivity index (χ0) is 21.6. The molecule has 31 heavy (non-hydrogen) atoms. The van der Waals surface area contributed by atoms with Gasteiger partial charge in [0.15, 0.2) is 11.5 Å². The summed E-state index contributed by atoms with van der Waals surface area (Å²) in [4.78, 5) is 12.5.